The summed E-state index contributed by atoms with van der Waals surface area (Å²) in [5.41, 5.74) is 4.57. The van der Waals surface area contributed by atoms with E-state index in [0.29, 0.717) is 28.6 Å². The van der Waals surface area contributed by atoms with Gasteiger partial charge in [-0.2, -0.15) is 5.10 Å². The minimum Gasteiger partial charge on any atom is -0.493 e. The van der Waals surface area contributed by atoms with E-state index in [1.54, 1.807) is 36.5 Å². The van der Waals surface area contributed by atoms with Crippen molar-refractivity contribution in [1.29, 1.82) is 0 Å². The molecular weight excluding hydrogens is 438 g/mol. The Morgan fingerprint density at radius 1 is 1.00 bits per heavy atom. The zero-order valence-corrected chi connectivity index (χ0v) is 19.3. The fourth-order valence-corrected chi connectivity index (χ4v) is 3.01. The second-order valence-electron chi connectivity index (χ2n) is 6.98. The van der Waals surface area contributed by atoms with Crippen LogP contribution in [-0.4, -0.2) is 44.4 Å². The van der Waals surface area contributed by atoms with E-state index < -0.39 is 11.9 Å². The number of ether oxygens (including phenoxy) is 4. The highest BCUT2D eigenvalue weighted by Gasteiger charge is 2.18. The summed E-state index contributed by atoms with van der Waals surface area (Å²) in [5, 5.41) is 3.95. The lowest BCUT2D eigenvalue weighted by molar-refractivity contribution is 0.0733. The summed E-state index contributed by atoms with van der Waals surface area (Å²) < 4.78 is 21.3. The van der Waals surface area contributed by atoms with E-state index in [9.17, 15) is 9.59 Å². The third-order valence-electron chi connectivity index (χ3n) is 4.81. The van der Waals surface area contributed by atoms with Crippen LogP contribution in [0.2, 0.25) is 0 Å². The quantitative estimate of drug-likeness (QED) is 0.223. The summed E-state index contributed by atoms with van der Waals surface area (Å²) in [6, 6.07) is 13.2. The molecule has 1 heterocycles. The summed E-state index contributed by atoms with van der Waals surface area (Å²) in [7, 11) is 4.40. The Hall–Kier alpha value is -4.40. The number of nitrogens with one attached hydrogen (secondary N) is 1. The highest BCUT2D eigenvalue weighted by Crippen LogP contribution is 2.38. The van der Waals surface area contributed by atoms with Gasteiger partial charge in [-0.1, -0.05) is 25.1 Å². The molecule has 34 heavy (non-hydrogen) atoms. The molecule has 0 bridgehead atoms. The molecule has 3 rings (SSSR count). The molecule has 0 atom stereocenters. The van der Waals surface area contributed by atoms with Gasteiger partial charge in [0.1, 0.15) is 11.4 Å². The Labute approximate surface area is 197 Å². The van der Waals surface area contributed by atoms with Crippen molar-refractivity contribution in [3.63, 3.8) is 0 Å². The molecule has 3 aromatic rings. The van der Waals surface area contributed by atoms with Gasteiger partial charge in [-0.05, 0) is 47.9 Å². The molecule has 0 radical (unpaired) electrons. The minimum atomic E-state index is -0.608. The number of hydrazone groups is 1. The normalized spacial score (nSPS) is 10.6. The van der Waals surface area contributed by atoms with Crippen LogP contribution in [0.15, 0.2) is 59.8 Å². The third-order valence-corrected chi connectivity index (χ3v) is 4.81. The number of methoxy groups -OCH3 is 3. The Kier molecular flexibility index (Phi) is 8.17. The molecule has 9 nitrogen and oxygen atoms in total. The van der Waals surface area contributed by atoms with E-state index >= 15 is 0 Å². The molecule has 0 fully saturated rings. The molecular formula is C25H25N3O6. The van der Waals surface area contributed by atoms with Crippen molar-refractivity contribution in [1.82, 2.24) is 10.4 Å². The second kappa shape index (κ2) is 11.5. The van der Waals surface area contributed by atoms with Crippen LogP contribution in [-0.2, 0) is 6.42 Å². The maximum Gasteiger partial charge on any atom is 0.343 e. The van der Waals surface area contributed by atoms with Gasteiger partial charge in [0.25, 0.3) is 5.91 Å². The first-order chi connectivity index (χ1) is 16.5. The maximum absolute atomic E-state index is 12.7. The van der Waals surface area contributed by atoms with Gasteiger partial charge in [-0.25, -0.2) is 10.2 Å². The fraction of sp³-hybridized carbons (Fsp3) is 0.200. The van der Waals surface area contributed by atoms with E-state index in [2.05, 4.69) is 15.5 Å². The van der Waals surface area contributed by atoms with E-state index in [1.807, 2.05) is 13.0 Å². The Bertz CT molecular complexity index is 1170. The number of pyridine rings is 1. The molecule has 0 saturated carbocycles. The first-order valence-corrected chi connectivity index (χ1v) is 10.4. The van der Waals surface area contributed by atoms with Gasteiger partial charge >= 0.3 is 5.97 Å². The first kappa shape index (κ1) is 24.2. The standard InChI is InChI=1S/C25H25N3O6/c1-5-16-9-10-20(26-14-16)24(29)28-27-15-17-7-6-8-19(11-17)34-25(30)18-12-21(31-2)23(33-4)22(13-18)32-3/h6-15H,5H2,1-4H3,(H,28,29)/b27-15-. The van der Waals surface area contributed by atoms with Crippen LogP contribution >= 0.6 is 0 Å². The predicted molar refractivity (Wildman–Crippen MR) is 126 cm³/mol. The lowest BCUT2D eigenvalue weighted by Gasteiger charge is -2.13. The minimum absolute atomic E-state index is 0.224. The Morgan fingerprint density at radius 3 is 2.32 bits per heavy atom. The lowest BCUT2D eigenvalue weighted by Crippen LogP contribution is -2.19. The maximum atomic E-state index is 12.7. The molecule has 0 saturated heterocycles. The molecule has 0 aliphatic carbocycles. The van der Waals surface area contributed by atoms with Crippen molar-refractivity contribution in [3.8, 4) is 23.0 Å². The average molecular weight is 463 g/mol. The number of aromatic nitrogens is 1. The average Bonchev–Trinajstić information content (AvgIpc) is 2.87. The molecule has 1 N–H and O–H groups in total. The summed E-state index contributed by atoms with van der Waals surface area (Å²) in [4.78, 5) is 29.0. The largest absolute Gasteiger partial charge is 0.493 e. The SMILES string of the molecule is CCc1ccc(C(=O)N/N=C\c2cccc(OC(=O)c3cc(OC)c(OC)c(OC)c3)c2)nc1. The first-order valence-electron chi connectivity index (χ1n) is 10.4. The highest BCUT2D eigenvalue weighted by molar-refractivity contribution is 5.94. The smallest absolute Gasteiger partial charge is 0.343 e. The monoisotopic (exact) mass is 463 g/mol. The summed E-state index contributed by atoms with van der Waals surface area (Å²) in [6.07, 6.45) is 3.94. The van der Waals surface area contributed by atoms with Gasteiger partial charge in [0.15, 0.2) is 11.5 Å². The van der Waals surface area contributed by atoms with Crippen molar-refractivity contribution in [2.75, 3.05) is 21.3 Å². The third kappa shape index (κ3) is 5.89. The number of benzene rings is 2. The Balaban J connectivity index is 1.68. The van der Waals surface area contributed by atoms with Crippen molar-refractivity contribution < 1.29 is 28.5 Å². The van der Waals surface area contributed by atoms with Crippen molar-refractivity contribution in [2.45, 2.75) is 13.3 Å². The van der Waals surface area contributed by atoms with Crippen LogP contribution in [0.4, 0.5) is 0 Å². The van der Waals surface area contributed by atoms with Gasteiger partial charge in [0.05, 0.1) is 33.1 Å². The van der Waals surface area contributed by atoms with Gasteiger partial charge < -0.3 is 18.9 Å². The summed E-state index contributed by atoms with van der Waals surface area (Å²) >= 11 is 0. The fourth-order valence-electron chi connectivity index (χ4n) is 3.01. The van der Waals surface area contributed by atoms with E-state index in [-0.39, 0.29) is 11.3 Å². The van der Waals surface area contributed by atoms with Crippen molar-refractivity contribution in [2.24, 2.45) is 5.10 Å². The number of amides is 1. The number of hydrogen-bond acceptors (Lipinski definition) is 8. The molecule has 0 aliphatic heterocycles. The molecule has 1 aromatic heterocycles. The molecule has 0 spiro atoms. The predicted octanol–water partition coefficient (Wildman–Crippen LogP) is 3.65. The molecule has 0 unspecified atom stereocenters. The van der Waals surface area contributed by atoms with Gasteiger partial charge in [-0.3, -0.25) is 9.78 Å². The number of carbonyl (C=O) groups excluding carboxylic acids is 2. The van der Waals surface area contributed by atoms with Crippen LogP contribution in [0.3, 0.4) is 0 Å². The van der Waals surface area contributed by atoms with Gasteiger partial charge in [0.2, 0.25) is 5.75 Å². The number of rotatable bonds is 9. The van der Waals surface area contributed by atoms with Gasteiger partial charge in [-0.15, -0.1) is 0 Å². The molecule has 176 valence electrons. The lowest BCUT2D eigenvalue weighted by atomic mass is 10.1. The number of hydrogen-bond donors (Lipinski definition) is 1. The second-order valence-corrected chi connectivity index (χ2v) is 6.98. The highest BCUT2D eigenvalue weighted by atomic mass is 16.5. The topological polar surface area (TPSA) is 108 Å². The van der Waals surface area contributed by atoms with Crippen LogP contribution in [0, 0.1) is 0 Å². The van der Waals surface area contributed by atoms with Gasteiger partial charge in [0, 0.05) is 6.20 Å². The van der Waals surface area contributed by atoms with Crippen LogP contribution in [0.5, 0.6) is 23.0 Å². The number of carbonyl (C=O) groups is 2. The van der Waals surface area contributed by atoms with Crippen LogP contribution < -0.4 is 24.4 Å². The molecule has 1 amide bonds. The van der Waals surface area contributed by atoms with E-state index in [1.165, 1.54) is 39.7 Å². The van der Waals surface area contributed by atoms with Crippen molar-refractivity contribution >= 4 is 18.1 Å². The number of esters is 1. The zero-order valence-electron chi connectivity index (χ0n) is 19.3. The number of aryl methyl sites for hydroxylation is 1. The van der Waals surface area contributed by atoms with Crippen molar-refractivity contribution in [3.05, 3.63) is 77.1 Å². The molecule has 9 heteroatoms. The molecule has 0 aliphatic rings. The summed E-state index contributed by atoms with van der Waals surface area (Å²) in [5.74, 6) is 0.310. The van der Waals surface area contributed by atoms with E-state index in [0.717, 1.165) is 12.0 Å². The number of nitrogens with zero attached hydrogens (tertiary/aromatic N) is 2. The molecule has 2 aromatic carbocycles. The van der Waals surface area contributed by atoms with Crippen LogP contribution in [0.25, 0.3) is 0 Å². The summed E-state index contributed by atoms with van der Waals surface area (Å²) in [6.45, 7) is 2.01. The Morgan fingerprint density at radius 2 is 1.74 bits per heavy atom. The zero-order chi connectivity index (χ0) is 24.5. The van der Waals surface area contributed by atoms with Crippen LogP contribution in [0.1, 0.15) is 38.9 Å². The van der Waals surface area contributed by atoms with E-state index in [4.69, 9.17) is 18.9 Å².